The fraction of sp³-hybridized carbons (Fsp3) is 0.158. The summed E-state index contributed by atoms with van der Waals surface area (Å²) in [4.78, 5) is 17.2. The highest BCUT2D eigenvalue weighted by Gasteiger charge is 2.24. The van der Waals surface area contributed by atoms with E-state index >= 15 is 0 Å². The smallest absolute Gasteiger partial charge is 0.264 e. The molecule has 5 nitrogen and oxygen atoms in total. The molecule has 0 radical (unpaired) electrons. The van der Waals surface area contributed by atoms with Gasteiger partial charge in [-0.2, -0.15) is 0 Å². The number of para-hydroxylation sites is 1. The molecule has 0 bridgehead atoms. The highest BCUT2D eigenvalue weighted by atomic mass is 32.2. The molecule has 2 aromatic rings. The monoisotopic (exact) mass is 354 g/mol. The SMILES string of the molecule is CCOc1cc(/C=C2\SC(=Nc3ccccc3C)NC2=O)ccc1O. The number of hydrogen-bond acceptors (Lipinski definition) is 5. The van der Waals surface area contributed by atoms with Gasteiger partial charge in [-0.15, -0.1) is 0 Å². The van der Waals surface area contributed by atoms with Gasteiger partial charge in [0, 0.05) is 0 Å². The molecular weight excluding hydrogens is 336 g/mol. The minimum atomic E-state index is -0.191. The highest BCUT2D eigenvalue weighted by Crippen LogP contribution is 2.32. The number of aliphatic imine (C=N–C) groups is 1. The Labute approximate surface area is 150 Å². The molecule has 3 rings (SSSR count). The van der Waals surface area contributed by atoms with E-state index in [-0.39, 0.29) is 11.7 Å². The zero-order valence-corrected chi connectivity index (χ0v) is 14.8. The van der Waals surface area contributed by atoms with Crippen molar-refractivity contribution in [2.75, 3.05) is 6.61 Å². The lowest BCUT2D eigenvalue weighted by Gasteiger charge is -2.06. The van der Waals surface area contributed by atoms with Crippen LogP contribution in [-0.2, 0) is 4.79 Å². The van der Waals surface area contributed by atoms with Crippen LogP contribution in [0.5, 0.6) is 11.5 Å². The molecule has 0 atom stereocenters. The van der Waals surface area contributed by atoms with Crippen LogP contribution in [0.4, 0.5) is 5.69 Å². The van der Waals surface area contributed by atoms with E-state index < -0.39 is 0 Å². The number of phenols is 1. The number of ether oxygens (including phenoxy) is 1. The van der Waals surface area contributed by atoms with Gasteiger partial charge < -0.3 is 15.2 Å². The quantitative estimate of drug-likeness (QED) is 0.815. The molecule has 25 heavy (non-hydrogen) atoms. The van der Waals surface area contributed by atoms with Crippen molar-refractivity contribution in [3.63, 3.8) is 0 Å². The molecule has 0 unspecified atom stereocenters. The number of amides is 1. The summed E-state index contributed by atoms with van der Waals surface area (Å²) in [5.41, 5.74) is 2.65. The lowest BCUT2D eigenvalue weighted by atomic mass is 10.2. The molecule has 1 amide bonds. The van der Waals surface area contributed by atoms with Crippen LogP contribution in [0.15, 0.2) is 52.4 Å². The highest BCUT2D eigenvalue weighted by molar-refractivity contribution is 8.18. The molecule has 0 aliphatic carbocycles. The Morgan fingerprint density at radius 3 is 2.84 bits per heavy atom. The third-order valence-corrected chi connectivity index (χ3v) is 4.48. The summed E-state index contributed by atoms with van der Waals surface area (Å²) < 4.78 is 5.37. The fourth-order valence-corrected chi connectivity index (χ4v) is 3.16. The normalized spacial score (nSPS) is 17.1. The summed E-state index contributed by atoms with van der Waals surface area (Å²) in [6.45, 7) is 4.28. The van der Waals surface area contributed by atoms with Crippen molar-refractivity contribution in [2.45, 2.75) is 13.8 Å². The topological polar surface area (TPSA) is 70.9 Å². The molecule has 2 N–H and O–H groups in total. The number of nitrogens with zero attached hydrogens (tertiary/aromatic N) is 1. The van der Waals surface area contributed by atoms with E-state index in [0.29, 0.717) is 22.4 Å². The maximum atomic E-state index is 12.2. The average Bonchev–Trinajstić information content (AvgIpc) is 2.92. The summed E-state index contributed by atoms with van der Waals surface area (Å²) in [6, 6.07) is 12.7. The first-order valence-electron chi connectivity index (χ1n) is 7.88. The lowest BCUT2D eigenvalue weighted by molar-refractivity contribution is -0.115. The standard InChI is InChI=1S/C19H18N2O3S/c1-3-24-16-10-13(8-9-15(16)22)11-17-18(23)21-19(25-17)20-14-7-5-4-6-12(14)2/h4-11,22H,3H2,1-2H3,(H,20,21,23)/b17-11-. The van der Waals surface area contributed by atoms with Gasteiger partial charge >= 0.3 is 0 Å². The summed E-state index contributed by atoms with van der Waals surface area (Å²) in [5, 5.41) is 13.1. The van der Waals surface area contributed by atoms with Crippen molar-refractivity contribution in [1.82, 2.24) is 5.32 Å². The Morgan fingerprint density at radius 2 is 2.08 bits per heavy atom. The molecule has 2 aromatic carbocycles. The maximum Gasteiger partial charge on any atom is 0.264 e. The first-order chi connectivity index (χ1) is 12.1. The molecule has 1 saturated heterocycles. The van der Waals surface area contributed by atoms with Gasteiger partial charge in [0.2, 0.25) is 0 Å². The summed E-state index contributed by atoms with van der Waals surface area (Å²) in [7, 11) is 0. The van der Waals surface area contributed by atoms with Crippen molar-refractivity contribution < 1.29 is 14.6 Å². The zero-order chi connectivity index (χ0) is 17.8. The number of nitrogens with one attached hydrogen (secondary N) is 1. The van der Waals surface area contributed by atoms with Gasteiger partial charge in [0.15, 0.2) is 16.7 Å². The molecule has 128 valence electrons. The molecule has 0 saturated carbocycles. The Balaban J connectivity index is 1.84. The number of carbonyl (C=O) groups is 1. The second-order valence-electron chi connectivity index (χ2n) is 5.43. The number of amidine groups is 1. The molecule has 1 fully saturated rings. The first-order valence-corrected chi connectivity index (χ1v) is 8.69. The number of carbonyl (C=O) groups excluding carboxylic acids is 1. The summed E-state index contributed by atoms with van der Waals surface area (Å²) >= 11 is 1.29. The Bertz CT molecular complexity index is 875. The molecule has 0 aromatic heterocycles. The summed E-state index contributed by atoms with van der Waals surface area (Å²) in [5.74, 6) is 0.284. The van der Waals surface area contributed by atoms with Gasteiger partial charge in [-0.05, 0) is 61.0 Å². The van der Waals surface area contributed by atoms with Crippen LogP contribution in [0.3, 0.4) is 0 Å². The van der Waals surface area contributed by atoms with Gasteiger partial charge in [-0.25, -0.2) is 4.99 Å². The van der Waals surface area contributed by atoms with E-state index in [9.17, 15) is 9.90 Å². The van der Waals surface area contributed by atoms with Gasteiger partial charge in [-0.1, -0.05) is 24.3 Å². The first kappa shape index (κ1) is 17.1. The van der Waals surface area contributed by atoms with Gasteiger partial charge in [0.05, 0.1) is 17.2 Å². The van der Waals surface area contributed by atoms with Crippen molar-refractivity contribution in [1.29, 1.82) is 0 Å². The number of aryl methyl sites for hydroxylation is 1. The number of rotatable bonds is 4. The van der Waals surface area contributed by atoms with E-state index in [1.807, 2.05) is 38.1 Å². The van der Waals surface area contributed by atoms with Crippen molar-refractivity contribution in [2.24, 2.45) is 4.99 Å². The zero-order valence-electron chi connectivity index (χ0n) is 13.9. The van der Waals surface area contributed by atoms with E-state index in [1.54, 1.807) is 24.3 Å². The fourth-order valence-electron chi connectivity index (χ4n) is 2.32. The number of phenolic OH excluding ortho intramolecular Hbond substituents is 1. The molecule has 1 aliphatic heterocycles. The summed E-state index contributed by atoms with van der Waals surface area (Å²) in [6.07, 6.45) is 1.75. The minimum absolute atomic E-state index is 0.0781. The number of thioether (sulfide) groups is 1. The van der Waals surface area contributed by atoms with Gasteiger partial charge in [0.1, 0.15) is 0 Å². The van der Waals surface area contributed by atoms with Crippen LogP contribution in [0.2, 0.25) is 0 Å². The van der Waals surface area contributed by atoms with Crippen LogP contribution in [0.25, 0.3) is 6.08 Å². The third-order valence-electron chi connectivity index (χ3n) is 3.57. The van der Waals surface area contributed by atoms with Crippen LogP contribution in [0.1, 0.15) is 18.1 Å². The Morgan fingerprint density at radius 1 is 1.28 bits per heavy atom. The largest absolute Gasteiger partial charge is 0.504 e. The minimum Gasteiger partial charge on any atom is -0.504 e. The third kappa shape index (κ3) is 4.03. The lowest BCUT2D eigenvalue weighted by Crippen LogP contribution is -2.19. The van der Waals surface area contributed by atoms with Crippen molar-refractivity contribution >= 4 is 34.6 Å². The Kier molecular flexibility index (Phi) is 5.09. The van der Waals surface area contributed by atoms with E-state index in [4.69, 9.17) is 4.74 Å². The van der Waals surface area contributed by atoms with Crippen LogP contribution >= 0.6 is 11.8 Å². The number of aromatic hydroxyl groups is 1. The molecular formula is C19H18N2O3S. The van der Waals surface area contributed by atoms with Gasteiger partial charge in [-0.3, -0.25) is 4.79 Å². The van der Waals surface area contributed by atoms with E-state index in [2.05, 4.69) is 10.3 Å². The Hall–Kier alpha value is -2.73. The second kappa shape index (κ2) is 7.44. The molecule has 6 heteroatoms. The second-order valence-corrected chi connectivity index (χ2v) is 6.46. The maximum absolute atomic E-state index is 12.2. The number of hydrogen-bond donors (Lipinski definition) is 2. The predicted octanol–water partition coefficient (Wildman–Crippen LogP) is 3.99. The van der Waals surface area contributed by atoms with Crippen molar-refractivity contribution in [3.8, 4) is 11.5 Å². The van der Waals surface area contributed by atoms with E-state index in [0.717, 1.165) is 16.8 Å². The molecule has 1 heterocycles. The van der Waals surface area contributed by atoms with Crippen LogP contribution < -0.4 is 10.1 Å². The van der Waals surface area contributed by atoms with Crippen LogP contribution in [-0.4, -0.2) is 22.8 Å². The van der Waals surface area contributed by atoms with Crippen LogP contribution in [0, 0.1) is 6.92 Å². The average molecular weight is 354 g/mol. The van der Waals surface area contributed by atoms with Crippen molar-refractivity contribution in [3.05, 3.63) is 58.5 Å². The predicted molar refractivity (Wildman–Crippen MR) is 101 cm³/mol. The molecule has 1 aliphatic rings. The van der Waals surface area contributed by atoms with Gasteiger partial charge in [0.25, 0.3) is 5.91 Å². The number of benzene rings is 2. The molecule has 0 spiro atoms. The van der Waals surface area contributed by atoms with E-state index in [1.165, 1.54) is 11.8 Å².